The Morgan fingerprint density at radius 3 is 2.71 bits per heavy atom. The van der Waals surface area contributed by atoms with Gasteiger partial charge in [0.15, 0.2) is 0 Å². The van der Waals surface area contributed by atoms with E-state index in [2.05, 4.69) is 18.2 Å². The summed E-state index contributed by atoms with van der Waals surface area (Å²) >= 11 is 1.93. The highest BCUT2D eigenvalue weighted by atomic mass is 32.2. The molecule has 0 aromatic rings. The average molecular weight is 216 g/mol. The van der Waals surface area contributed by atoms with E-state index < -0.39 is 0 Å². The van der Waals surface area contributed by atoms with Crippen LogP contribution < -0.4 is 5.73 Å². The molecule has 2 unspecified atom stereocenters. The molecule has 3 heteroatoms. The molecule has 1 aliphatic rings. The van der Waals surface area contributed by atoms with Crippen LogP contribution in [0.5, 0.6) is 0 Å². The van der Waals surface area contributed by atoms with E-state index in [1.807, 2.05) is 11.8 Å². The number of rotatable bonds is 6. The first kappa shape index (κ1) is 12.3. The van der Waals surface area contributed by atoms with Gasteiger partial charge in [-0.15, -0.1) is 0 Å². The fourth-order valence-electron chi connectivity index (χ4n) is 2.40. The fraction of sp³-hybridized carbons (Fsp3) is 1.00. The quantitative estimate of drug-likeness (QED) is 0.732. The van der Waals surface area contributed by atoms with Crippen LogP contribution in [0.3, 0.4) is 0 Å². The van der Waals surface area contributed by atoms with Crippen LogP contribution in [0.15, 0.2) is 0 Å². The van der Waals surface area contributed by atoms with Gasteiger partial charge in [-0.1, -0.05) is 6.42 Å². The molecule has 1 saturated carbocycles. The van der Waals surface area contributed by atoms with Crippen LogP contribution in [0.25, 0.3) is 0 Å². The van der Waals surface area contributed by atoms with Crippen molar-refractivity contribution < 1.29 is 0 Å². The lowest BCUT2D eigenvalue weighted by atomic mass is 9.96. The highest BCUT2D eigenvalue weighted by Gasteiger charge is 2.26. The highest BCUT2D eigenvalue weighted by molar-refractivity contribution is 7.98. The maximum atomic E-state index is 5.78. The lowest BCUT2D eigenvalue weighted by Gasteiger charge is -2.24. The van der Waals surface area contributed by atoms with Gasteiger partial charge >= 0.3 is 0 Å². The zero-order chi connectivity index (χ0) is 10.4. The third kappa shape index (κ3) is 3.79. The van der Waals surface area contributed by atoms with Gasteiger partial charge in [-0.25, -0.2) is 0 Å². The first-order valence-corrected chi connectivity index (χ1v) is 7.05. The minimum Gasteiger partial charge on any atom is -0.330 e. The Morgan fingerprint density at radius 1 is 1.36 bits per heavy atom. The van der Waals surface area contributed by atoms with E-state index >= 15 is 0 Å². The van der Waals surface area contributed by atoms with Crippen LogP contribution in [0.2, 0.25) is 0 Å². The molecule has 2 nitrogen and oxygen atoms in total. The number of nitrogens with two attached hydrogens (primary N) is 1. The van der Waals surface area contributed by atoms with Gasteiger partial charge in [0.2, 0.25) is 0 Å². The fourth-order valence-corrected chi connectivity index (χ4v) is 2.90. The topological polar surface area (TPSA) is 29.3 Å². The molecule has 0 spiro atoms. The predicted octanol–water partition coefficient (Wildman–Crippen LogP) is 1.66. The van der Waals surface area contributed by atoms with Gasteiger partial charge in [0, 0.05) is 18.8 Å². The van der Waals surface area contributed by atoms with Crippen molar-refractivity contribution in [3.63, 3.8) is 0 Å². The second-order valence-electron chi connectivity index (χ2n) is 4.44. The maximum absolute atomic E-state index is 5.78. The number of thioether (sulfide) groups is 1. The van der Waals surface area contributed by atoms with E-state index in [1.165, 1.54) is 38.1 Å². The van der Waals surface area contributed by atoms with Crippen LogP contribution in [-0.2, 0) is 0 Å². The zero-order valence-corrected chi connectivity index (χ0v) is 10.4. The second kappa shape index (κ2) is 6.70. The van der Waals surface area contributed by atoms with E-state index in [9.17, 15) is 0 Å². The molecule has 2 N–H and O–H groups in total. The van der Waals surface area contributed by atoms with Crippen LogP contribution in [0.1, 0.15) is 19.3 Å². The molecule has 0 radical (unpaired) electrons. The van der Waals surface area contributed by atoms with Gasteiger partial charge < -0.3 is 10.6 Å². The summed E-state index contributed by atoms with van der Waals surface area (Å²) in [6.45, 7) is 3.36. The molecule has 1 fully saturated rings. The lowest BCUT2D eigenvalue weighted by molar-refractivity contribution is 0.253. The van der Waals surface area contributed by atoms with Gasteiger partial charge in [-0.2, -0.15) is 11.8 Å². The highest BCUT2D eigenvalue weighted by Crippen LogP contribution is 2.31. The summed E-state index contributed by atoms with van der Waals surface area (Å²) in [5, 5.41) is 0. The molecule has 1 aliphatic carbocycles. The Kier molecular flexibility index (Phi) is 5.90. The van der Waals surface area contributed by atoms with E-state index in [0.717, 1.165) is 18.4 Å². The monoisotopic (exact) mass is 216 g/mol. The normalized spacial score (nSPS) is 27.4. The van der Waals surface area contributed by atoms with E-state index in [4.69, 9.17) is 5.73 Å². The first-order chi connectivity index (χ1) is 6.77. The van der Waals surface area contributed by atoms with Crippen LogP contribution in [0.4, 0.5) is 0 Å². The molecule has 0 aliphatic heterocycles. The molecule has 0 aromatic carbocycles. The van der Waals surface area contributed by atoms with Gasteiger partial charge in [-0.05, 0) is 44.5 Å². The summed E-state index contributed by atoms with van der Waals surface area (Å²) in [4.78, 5) is 2.47. The molecule has 0 bridgehead atoms. The SMILES string of the molecule is CSCCN(C)CC1CCCC1CN. The summed E-state index contributed by atoms with van der Waals surface area (Å²) in [6.07, 6.45) is 6.32. The molecule has 0 heterocycles. The van der Waals surface area contributed by atoms with Gasteiger partial charge in [-0.3, -0.25) is 0 Å². The Morgan fingerprint density at radius 2 is 2.07 bits per heavy atom. The molecule has 1 rings (SSSR count). The minimum atomic E-state index is 0.798. The largest absolute Gasteiger partial charge is 0.330 e. The first-order valence-electron chi connectivity index (χ1n) is 5.65. The zero-order valence-electron chi connectivity index (χ0n) is 9.54. The maximum Gasteiger partial charge on any atom is 0.00693 e. The minimum absolute atomic E-state index is 0.798. The van der Waals surface area contributed by atoms with E-state index in [-0.39, 0.29) is 0 Å². The molecular weight excluding hydrogens is 192 g/mol. The van der Waals surface area contributed by atoms with E-state index in [1.54, 1.807) is 0 Å². The van der Waals surface area contributed by atoms with Crippen molar-refractivity contribution in [2.75, 3.05) is 38.7 Å². The third-order valence-corrected chi connectivity index (χ3v) is 3.93. The van der Waals surface area contributed by atoms with Crippen molar-refractivity contribution in [3.05, 3.63) is 0 Å². The van der Waals surface area contributed by atoms with Gasteiger partial charge in [0.05, 0.1) is 0 Å². The number of nitrogens with zero attached hydrogens (tertiary/aromatic N) is 1. The Labute approximate surface area is 92.6 Å². The second-order valence-corrected chi connectivity index (χ2v) is 5.43. The molecule has 0 aromatic heterocycles. The average Bonchev–Trinajstić information content (AvgIpc) is 2.62. The Bertz CT molecular complexity index is 152. The van der Waals surface area contributed by atoms with Gasteiger partial charge in [0.25, 0.3) is 0 Å². The standard InChI is InChI=1S/C11H24N2S/c1-13(6-7-14-2)9-11-5-3-4-10(11)8-12/h10-11H,3-9,12H2,1-2H3. The summed E-state index contributed by atoms with van der Waals surface area (Å²) in [5.41, 5.74) is 5.78. The summed E-state index contributed by atoms with van der Waals surface area (Å²) in [5.74, 6) is 2.91. The van der Waals surface area contributed by atoms with E-state index in [0.29, 0.717) is 0 Å². The Balaban J connectivity index is 2.21. The van der Waals surface area contributed by atoms with Crippen LogP contribution >= 0.6 is 11.8 Å². The third-order valence-electron chi connectivity index (χ3n) is 3.34. The van der Waals surface area contributed by atoms with Crippen LogP contribution in [-0.4, -0.2) is 43.6 Å². The Hall–Kier alpha value is 0.270. The molecule has 2 atom stereocenters. The number of hydrogen-bond donors (Lipinski definition) is 1. The van der Waals surface area contributed by atoms with Crippen molar-refractivity contribution in [2.45, 2.75) is 19.3 Å². The molecular formula is C11H24N2S. The van der Waals surface area contributed by atoms with Crippen molar-refractivity contribution in [1.82, 2.24) is 4.90 Å². The summed E-state index contributed by atoms with van der Waals surface area (Å²) < 4.78 is 0. The molecule has 14 heavy (non-hydrogen) atoms. The van der Waals surface area contributed by atoms with Crippen molar-refractivity contribution >= 4 is 11.8 Å². The summed E-state index contributed by atoms with van der Waals surface area (Å²) in [6, 6.07) is 0. The van der Waals surface area contributed by atoms with Crippen molar-refractivity contribution in [1.29, 1.82) is 0 Å². The smallest absolute Gasteiger partial charge is 0.00693 e. The lowest BCUT2D eigenvalue weighted by Crippen LogP contribution is -2.31. The number of hydrogen-bond acceptors (Lipinski definition) is 3. The molecule has 0 amide bonds. The molecule has 0 saturated heterocycles. The van der Waals surface area contributed by atoms with Crippen LogP contribution in [0, 0.1) is 11.8 Å². The summed E-state index contributed by atoms with van der Waals surface area (Å²) in [7, 11) is 2.24. The van der Waals surface area contributed by atoms with Crippen molar-refractivity contribution in [2.24, 2.45) is 17.6 Å². The predicted molar refractivity (Wildman–Crippen MR) is 65.8 cm³/mol. The molecule has 84 valence electrons. The van der Waals surface area contributed by atoms with Crippen molar-refractivity contribution in [3.8, 4) is 0 Å². The van der Waals surface area contributed by atoms with Gasteiger partial charge in [0.1, 0.15) is 0 Å².